The number of benzene rings is 2. The Kier molecular flexibility index (Phi) is 23.0. The van der Waals surface area contributed by atoms with Gasteiger partial charge in [0.15, 0.2) is 25.2 Å². The van der Waals surface area contributed by atoms with Crippen molar-refractivity contribution in [3.63, 3.8) is 0 Å². The maximum Gasteiger partial charge on any atom is 1.00 e. The van der Waals surface area contributed by atoms with Gasteiger partial charge in [-0.15, -0.1) is 0 Å². The summed E-state index contributed by atoms with van der Waals surface area (Å²) in [4.78, 5) is 35.2. The van der Waals surface area contributed by atoms with Crippen molar-refractivity contribution in [2.24, 2.45) is 23.7 Å². The van der Waals surface area contributed by atoms with Gasteiger partial charge in [0.2, 0.25) is 0 Å². The van der Waals surface area contributed by atoms with Crippen LogP contribution in [0, 0.1) is 23.7 Å². The molecule has 2 aromatic carbocycles. The fraction of sp³-hybridized carbons (Fsp3) is 0.558. The smallest absolute Gasteiger partial charge is 0.550 e. The maximum absolute atomic E-state index is 13.2. The van der Waals surface area contributed by atoms with E-state index < -0.39 is 29.5 Å². The Labute approximate surface area is 429 Å². The molecule has 0 aliphatic carbocycles. The third-order valence-electron chi connectivity index (χ3n) is 11.7. The number of cyclic esters (lactones) is 2. The van der Waals surface area contributed by atoms with Crippen LogP contribution in [0.2, 0.25) is 0 Å². The van der Waals surface area contributed by atoms with Crippen molar-refractivity contribution in [1.82, 2.24) is 0 Å². The summed E-state index contributed by atoms with van der Waals surface area (Å²) in [6.45, 7) is 20.6. The minimum atomic E-state index is -1.08. The first-order valence-corrected chi connectivity index (χ1v) is 23.0. The molecule has 16 nitrogen and oxygen atoms in total. The Morgan fingerprint density at radius 1 is 0.667 bits per heavy atom. The second-order valence-electron chi connectivity index (χ2n) is 18.5. The van der Waals surface area contributed by atoms with Gasteiger partial charge >= 0.3 is 41.5 Å². The number of hydrogen-bond acceptors (Lipinski definition) is 16. The molecule has 4 aliphatic heterocycles. The number of nitrogen functional groups attached to an aromatic ring is 1. The molecule has 0 amide bonds. The molecular formula is C52H72NNaO15. The first-order valence-electron chi connectivity index (χ1n) is 23.0. The Morgan fingerprint density at radius 2 is 1.04 bits per heavy atom. The van der Waals surface area contributed by atoms with Crippen LogP contribution in [-0.2, 0) is 42.7 Å². The van der Waals surface area contributed by atoms with E-state index in [9.17, 15) is 14.7 Å². The van der Waals surface area contributed by atoms with Crippen LogP contribution in [0.1, 0.15) is 121 Å². The largest absolute Gasteiger partial charge is 1.00 e. The van der Waals surface area contributed by atoms with Crippen molar-refractivity contribution in [1.29, 1.82) is 0 Å². The summed E-state index contributed by atoms with van der Waals surface area (Å²) in [5, 5.41) is 19.1. The van der Waals surface area contributed by atoms with Gasteiger partial charge in [0.25, 0.3) is 0 Å². The van der Waals surface area contributed by atoms with Crippen LogP contribution < -0.4 is 49.9 Å². The summed E-state index contributed by atoms with van der Waals surface area (Å²) in [7, 11) is 3.00. The predicted molar refractivity (Wildman–Crippen MR) is 254 cm³/mol. The third kappa shape index (κ3) is 17.5. The summed E-state index contributed by atoms with van der Waals surface area (Å²) < 4.78 is 57.5. The number of carbonyl (C=O) groups excluding carboxylic acids is 3. The molecule has 2 saturated heterocycles. The summed E-state index contributed by atoms with van der Waals surface area (Å²) in [6, 6.07) is 6.25. The van der Waals surface area contributed by atoms with Gasteiger partial charge in [-0.2, -0.15) is 0 Å². The second-order valence-corrected chi connectivity index (χ2v) is 18.5. The van der Waals surface area contributed by atoms with Gasteiger partial charge in [0.05, 0.1) is 24.4 Å². The summed E-state index contributed by atoms with van der Waals surface area (Å²) in [5.74, 6) is -2.64. The molecular weight excluding hydrogens is 902 g/mol. The monoisotopic (exact) mass is 973 g/mol. The standard InChI is InChI=1S/C25H35NO6.C25H34O7.C2H4O2.Na/c2*1-15-10-11-16(2)23-20(31-25(4,5)32-23)9-7-8-18-12-19(26)13-21(29-14-28-6)22(18)24(27)30-17(15)3;1-2(3)4;/h7-8,10-13,15-17,20,23H,9,14,26H2,1-6H3;7-8,10-13,15-17,20,23,26H,9,14H2,1-6H3;1H3,(H,3,4);/q;;;+1/p-1/b2*8-7+,11-10-;;/t2*15-,16?,17+,20+,23?;;/m11../s1. The zero-order valence-electron chi connectivity index (χ0n) is 42.8. The molecule has 376 valence electrons. The molecule has 2 aromatic rings. The Morgan fingerprint density at radius 3 is 1.45 bits per heavy atom. The number of aliphatic carboxylic acids is 1. The quantitative estimate of drug-likeness (QED) is 0.128. The molecule has 4 aliphatic rings. The molecule has 0 saturated carbocycles. The van der Waals surface area contributed by atoms with Crippen LogP contribution in [0.3, 0.4) is 0 Å². The van der Waals surface area contributed by atoms with Crippen molar-refractivity contribution >= 4 is 35.7 Å². The van der Waals surface area contributed by atoms with Crippen molar-refractivity contribution in [3.8, 4) is 17.2 Å². The Hall–Kier alpha value is -4.23. The molecule has 17 heteroatoms. The number of carboxylic acid groups (broad SMARTS) is 1. The van der Waals surface area contributed by atoms with Gasteiger partial charge in [0.1, 0.15) is 40.6 Å². The molecule has 10 atom stereocenters. The van der Waals surface area contributed by atoms with E-state index in [4.69, 9.17) is 63.0 Å². The van der Waals surface area contributed by atoms with Crippen molar-refractivity contribution in [3.05, 3.63) is 83.0 Å². The van der Waals surface area contributed by atoms with Gasteiger partial charge in [0, 0.05) is 61.7 Å². The van der Waals surface area contributed by atoms with Crippen molar-refractivity contribution in [2.45, 2.75) is 137 Å². The van der Waals surface area contributed by atoms with E-state index in [2.05, 4.69) is 38.2 Å². The molecule has 0 spiro atoms. The van der Waals surface area contributed by atoms with E-state index in [0.717, 1.165) is 6.92 Å². The van der Waals surface area contributed by atoms with Crippen molar-refractivity contribution in [2.75, 3.05) is 33.5 Å². The fourth-order valence-corrected chi connectivity index (χ4v) is 8.00. The normalized spacial score (nSPS) is 30.2. The number of phenolic OH excluding ortho intramolecular Hbond substituents is 1. The number of methoxy groups -OCH3 is 2. The molecule has 69 heavy (non-hydrogen) atoms. The van der Waals surface area contributed by atoms with Gasteiger partial charge in [-0.3, -0.25) is 0 Å². The predicted octanol–water partition coefficient (Wildman–Crippen LogP) is 5.01. The average molecular weight is 974 g/mol. The summed E-state index contributed by atoms with van der Waals surface area (Å²) >= 11 is 0. The summed E-state index contributed by atoms with van der Waals surface area (Å²) in [5.41, 5.74) is 8.25. The number of rotatable bonds is 6. The number of carboxylic acids is 1. The molecule has 0 bridgehead atoms. The van der Waals surface area contributed by atoms with Crippen LogP contribution in [0.15, 0.2) is 60.7 Å². The van der Waals surface area contributed by atoms with Crippen LogP contribution in [-0.4, -0.2) is 99.0 Å². The number of aromatic hydroxyl groups is 1. The van der Waals surface area contributed by atoms with Gasteiger partial charge in [-0.1, -0.05) is 76.3 Å². The molecule has 0 radical (unpaired) electrons. The number of fused-ring (bicyclic) bond motifs is 4. The average Bonchev–Trinajstić information content (AvgIpc) is 3.74. The van der Waals surface area contributed by atoms with Crippen LogP contribution in [0.5, 0.6) is 17.2 Å². The van der Waals surface area contributed by atoms with Crippen LogP contribution >= 0.6 is 0 Å². The first kappa shape index (κ1) is 59.1. The number of esters is 2. The van der Waals surface area contributed by atoms with Crippen LogP contribution in [0.25, 0.3) is 12.2 Å². The zero-order valence-corrected chi connectivity index (χ0v) is 44.8. The van der Waals surface area contributed by atoms with E-state index in [1.165, 1.54) is 26.4 Å². The first-order chi connectivity index (χ1) is 31.9. The molecule has 3 N–H and O–H groups in total. The maximum atomic E-state index is 13.2. The number of ether oxygens (including phenoxy) is 10. The number of carbonyl (C=O) groups is 3. The van der Waals surface area contributed by atoms with Gasteiger partial charge < -0.3 is 68.1 Å². The fourth-order valence-electron chi connectivity index (χ4n) is 8.00. The van der Waals surface area contributed by atoms with E-state index >= 15 is 0 Å². The molecule has 4 heterocycles. The minimum Gasteiger partial charge on any atom is -0.550 e. The topological polar surface area (TPSA) is 213 Å². The Balaban J connectivity index is 0.000000334. The molecule has 0 aromatic heterocycles. The van der Waals surface area contributed by atoms with Crippen molar-refractivity contribution < 1.29 is 102 Å². The van der Waals surface area contributed by atoms with E-state index in [1.54, 1.807) is 18.2 Å². The minimum absolute atomic E-state index is 0. The SMILES string of the molecule is CC(=O)[O-].COCOc1cc(N)cc2c1C(=O)O[C@@H](C)[C@H](C)/C=C\C(C)C1OC(C)(C)O[C@H]1C/C=C/2.COCOc1cc(O)cc2c1C(=O)O[C@@H](C)[C@H](C)/C=C\C(C)C1OC(C)(C)O[C@H]1C/C=C/2.[Na+]. The molecule has 2 fully saturated rings. The summed E-state index contributed by atoms with van der Waals surface area (Å²) in [6.07, 6.45) is 15.9. The van der Waals surface area contributed by atoms with Gasteiger partial charge in [-0.25, -0.2) is 9.59 Å². The third-order valence-corrected chi connectivity index (χ3v) is 11.7. The molecule has 4 unspecified atom stereocenters. The van der Waals surface area contributed by atoms with E-state index in [0.29, 0.717) is 41.0 Å². The zero-order chi connectivity index (χ0) is 50.5. The van der Waals surface area contributed by atoms with Gasteiger partial charge in [-0.05, 0) is 84.6 Å². The molecule has 6 rings (SSSR count). The van der Waals surface area contributed by atoms with Crippen LogP contribution in [0.4, 0.5) is 5.69 Å². The number of nitrogens with two attached hydrogens (primary N) is 1. The number of hydrogen-bond donors (Lipinski definition) is 2. The Bertz CT molecular complexity index is 2000. The number of anilines is 1. The van der Waals surface area contributed by atoms with E-state index in [1.807, 2.05) is 73.6 Å². The number of phenols is 1. The van der Waals surface area contributed by atoms with E-state index in [-0.39, 0.29) is 121 Å². The second kappa shape index (κ2) is 26.8.